The van der Waals surface area contributed by atoms with Crippen LogP contribution < -0.4 is 5.32 Å². The van der Waals surface area contributed by atoms with Crippen molar-refractivity contribution in [1.82, 2.24) is 5.32 Å². The van der Waals surface area contributed by atoms with Crippen LogP contribution in [0.3, 0.4) is 0 Å². The van der Waals surface area contributed by atoms with E-state index in [2.05, 4.69) is 5.32 Å². The Bertz CT molecular complexity index is 612. The van der Waals surface area contributed by atoms with Crippen LogP contribution in [0.25, 0.3) is 0 Å². The summed E-state index contributed by atoms with van der Waals surface area (Å²) in [5.41, 5.74) is 1.02. The molecule has 0 unspecified atom stereocenters. The molecule has 6 nitrogen and oxygen atoms in total. The van der Waals surface area contributed by atoms with Gasteiger partial charge in [-0.1, -0.05) is 49.4 Å². The van der Waals surface area contributed by atoms with E-state index in [1.54, 1.807) is 0 Å². The van der Waals surface area contributed by atoms with E-state index in [0.29, 0.717) is 19.4 Å². The molecule has 2 N–H and O–H groups in total. The number of carboxylic acids is 1. The monoisotopic (exact) mass is 375 g/mol. The first-order chi connectivity index (χ1) is 13.0. The zero-order chi connectivity index (χ0) is 19.9. The van der Waals surface area contributed by atoms with Gasteiger partial charge in [-0.3, -0.25) is 14.4 Å². The van der Waals surface area contributed by atoms with E-state index < -0.39 is 18.0 Å². The van der Waals surface area contributed by atoms with Crippen LogP contribution in [0.15, 0.2) is 42.5 Å². The van der Waals surface area contributed by atoms with E-state index in [1.165, 1.54) is 0 Å². The van der Waals surface area contributed by atoms with Crippen LogP contribution in [0.5, 0.6) is 0 Å². The smallest absolute Gasteiger partial charge is 0.306 e. The molecule has 148 valence electrons. The van der Waals surface area contributed by atoms with Crippen LogP contribution in [-0.4, -0.2) is 29.1 Å². The van der Waals surface area contributed by atoms with Crippen molar-refractivity contribution >= 4 is 17.8 Å². The average molecular weight is 375 g/mol. The molecule has 0 aliphatic rings. The van der Waals surface area contributed by atoms with Gasteiger partial charge < -0.3 is 15.2 Å². The van der Waals surface area contributed by atoms with Gasteiger partial charge in [0.15, 0.2) is 0 Å². The number of hydrogen-bond acceptors (Lipinski definition) is 4. The number of ether oxygens (including phenoxy) is 1. The van der Waals surface area contributed by atoms with E-state index in [-0.39, 0.29) is 25.2 Å². The van der Waals surface area contributed by atoms with Gasteiger partial charge in [-0.15, -0.1) is 0 Å². The highest BCUT2D eigenvalue weighted by Crippen LogP contribution is 2.13. The molecule has 0 saturated heterocycles. The van der Waals surface area contributed by atoms with E-state index in [9.17, 15) is 14.4 Å². The minimum absolute atomic E-state index is 0.102. The number of carbonyl (C=O) groups is 3. The maximum absolute atomic E-state index is 12.1. The van der Waals surface area contributed by atoms with Crippen molar-refractivity contribution in [3.63, 3.8) is 0 Å². The van der Waals surface area contributed by atoms with Gasteiger partial charge in [0.05, 0.1) is 12.8 Å². The molecule has 0 saturated carbocycles. The molecule has 0 spiro atoms. The second-order valence-corrected chi connectivity index (χ2v) is 6.26. The summed E-state index contributed by atoms with van der Waals surface area (Å²) in [4.78, 5) is 34.4. The average Bonchev–Trinajstić information content (AvgIpc) is 2.66. The fraction of sp³-hybridized carbons (Fsp3) is 0.476. The zero-order valence-corrected chi connectivity index (χ0v) is 15.9. The maximum Gasteiger partial charge on any atom is 0.306 e. The van der Waals surface area contributed by atoms with Crippen LogP contribution in [-0.2, 0) is 25.7 Å². The molecule has 1 aromatic rings. The quantitative estimate of drug-likeness (QED) is 0.406. The Morgan fingerprint density at radius 3 is 2.48 bits per heavy atom. The second kappa shape index (κ2) is 13.6. The number of carbonyl (C=O) groups excluding carboxylic acids is 2. The predicted molar refractivity (Wildman–Crippen MR) is 103 cm³/mol. The van der Waals surface area contributed by atoms with E-state index in [0.717, 1.165) is 18.4 Å². The topological polar surface area (TPSA) is 92.7 Å². The lowest BCUT2D eigenvalue weighted by Crippen LogP contribution is -2.26. The minimum atomic E-state index is -1.03. The number of rotatable bonds is 13. The molecule has 27 heavy (non-hydrogen) atoms. The fourth-order valence-electron chi connectivity index (χ4n) is 2.46. The molecule has 1 amide bonds. The SMILES string of the molecule is CC/C=C/CC[C@@H](CCC(=O)NCc1ccccc1)OC(=O)CCC(=O)O. The summed E-state index contributed by atoms with van der Waals surface area (Å²) >= 11 is 0. The lowest BCUT2D eigenvalue weighted by atomic mass is 10.1. The first kappa shape index (κ1) is 22.4. The number of benzene rings is 1. The Kier molecular flexibility index (Phi) is 11.3. The zero-order valence-electron chi connectivity index (χ0n) is 15.9. The van der Waals surface area contributed by atoms with Gasteiger partial charge in [-0.05, 0) is 31.2 Å². The van der Waals surface area contributed by atoms with Gasteiger partial charge in [-0.2, -0.15) is 0 Å². The van der Waals surface area contributed by atoms with Gasteiger partial charge in [0.2, 0.25) is 5.91 Å². The van der Waals surface area contributed by atoms with Crippen molar-refractivity contribution in [2.45, 2.75) is 64.5 Å². The summed E-state index contributed by atoms with van der Waals surface area (Å²) in [5, 5.41) is 11.5. The van der Waals surface area contributed by atoms with E-state index >= 15 is 0 Å². The van der Waals surface area contributed by atoms with Crippen molar-refractivity contribution in [2.24, 2.45) is 0 Å². The van der Waals surface area contributed by atoms with Crippen molar-refractivity contribution in [1.29, 1.82) is 0 Å². The normalized spacial score (nSPS) is 11.9. The highest BCUT2D eigenvalue weighted by molar-refractivity contribution is 5.77. The molecule has 0 fully saturated rings. The van der Waals surface area contributed by atoms with Gasteiger partial charge in [-0.25, -0.2) is 0 Å². The minimum Gasteiger partial charge on any atom is -0.481 e. The third kappa shape index (κ3) is 11.6. The molecule has 0 aliphatic carbocycles. The molecular formula is C21H29NO5. The summed E-state index contributed by atoms with van der Waals surface area (Å²) in [6.07, 6.45) is 6.22. The van der Waals surface area contributed by atoms with Gasteiger partial charge >= 0.3 is 11.9 Å². The second-order valence-electron chi connectivity index (χ2n) is 6.26. The number of hydrogen-bond donors (Lipinski definition) is 2. The van der Waals surface area contributed by atoms with Crippen LogP contribution in [0.4, 0.5) is 0 Å². The highest BCUT2D eigenvalue weighted by Gasteiger charge is 2.16. The summed E-state index contributed by atoms with van der Waals surface area (Å²) in [5.74, 6) is -1.67. The number of nitrogens with one attached hydrogen (secondary N) is 1. The largest absolute Gasteiger partial charge is 0.481 e. The standard InChI is InChI=1S/C21H29NO5/c1-2-3-4-8-11-18(27-21(26)15-14-20(24)25)12-13-19(23)22-16-17-9-6-5-7-10-17/h3-7,9-10,18H,2,8,11-16H2,1H3,(H,22,23)(H,24,25)/b4-3+/t18-/m0/s1. The van der Waals surface area contributed by atoms with Crippen LogP contribution in [0.1, 0.15) is 57.4 Å². The number of allylic oxidation sites excluding steroid dienone is 2. The van der Waals surface area contributed by atoms with Crippen molar-refractivity contribution in [3.8, 4) is 0 Å². The van der Waals surface area contributed by atoms with Crippen molar-refractivity contribution < 1.29 is 24.2 Å². The van der Waals surface area contributed by atoms with E-state index in [4.69, 9.17) is 9.84 Å². The summed E-state index contributed by atoms with van der Waals surface area (Å²) < 4.78 is 5.38. The Morgan fingerprint density at radius 1 is 1.07 bits per heavy atom. The molecule has 1 atom stereocenters. The highest BCUT2D eigenvalue weighted by atomic mass is 16.5. The number of carboxylic acid groups (broad SMARTS) is 1. The predicted octanol–water partition coefficient (Wildman–Crippen LogP) is 3.61. The van der Waals surface area contributed by atoms with Gasteiger partial charge in [0.25, 0.3) is 0 Å². The molecule has 0 aromatic heterocycles. The van der Waals surface area contributed by atoms with Crippen molar-refractivity contribution in [3.05, 3.63) is 48.0 Å². The van der Waals surface area contributed by atoms with Gasteiger partial charge in [0.1, 0.15) is 6.10 Å². The third-order valence-corrected chi connectivity index (χ3v) is 3.92. The molecule has 1 aromatic carbocycles. The number of aliphatic carboxylic acids is 1. The fourth-order valence-corrected chi connectivity index (χ4v) is 2.46. The molecule has 0 heterocycles. The lowest BCUT2D eigenvalue weighted by Gasteiger charge is -2.17. The van der Waals surface area contributed by atoms with E-state index in [1.807, 2.05) is 49.4 Å². The number of amides is 1. The molecule has 0 bridgehead atoms. The first-order valence-corrected chi connectivity index (χ1v) is 9.38. The van der Waals surface area contributed by atoms with Crippen LogP contribution in [0, 0.1) is 0 Å². The summed E-state index contributed by atoms with van der Waals surface area (Å²) in [6.45, 7) is 2.50. The molecular weight excluding hydrogens is 346 g/mol. The van der Waals surface area contributed by atoms with Crippen LogP contribution in [0.2, 0.25) is 0 Å². The molecule has 6 heteroatoms. The Hall–Kier alpha value is -2.63. The summed E-state index contributed by atoms with van der Waals surface area (Å²) in [6, 6.07) is 9.62. The Morgan fingerprint density at radius 2 is 1.81 bits per heavy atom. The maximum atomic E-state index is 12.1. The van der Waals surface area contributed by atoms with Crippen LogP contribution >= 0.6 is 0 Å². The molecule has 0 aliphatic heterocycles. The number of esters is 1. The molecule has 0 radical (unpaired) electrons. The van der Waals surface area contributed by atoms with Gasteiger partial charge in [0, 0.05) is 13.0 Å². The first-order valence-electron chi connectivity index (χ1n) is 9.38. The van der Waals surface area contributed by atoms with Crippen molar-refractivity contribution in [2.75, 3.05) is 0 Å². The Balaban J connectivity index is 2.43. The summed E-state index contributed by atoms with van der Waals surface area (Å²) in [7, 11) is 0. The molecule has 1 rings (SSSR count). The lowest BCUT2D eigenvalue weighted by molar-refractivity contribution is -0.153. The third-order valence-electron chi connectivity index (χ3n) is 3.92. The Labute approximate surface area is 160 Å².